The van der Waals surface area contributed by atoms with E-state index in [1.54, 1.807) is 12.1 Å². The molecule has 0 amide bonds. The number of Topliss-reactive ketones (excluding diaryl/α,β-unsaturated/α-hetero) is 1. The average Bonchev–Trinajstić information content (AvgIpc) is 3.09. The molecule has 2 aliphatic rings. The molecule has 2 aromatic rings. The first-order chi connectivity index (χ1) is 15.7. The van der Waals surface area contributed by atoms with Gasteiger partial charge in [-0.05, 0) is 62.9 Å². The molecule has 1 aliphatic heterocycles. The fraction of sp³-hybridized carbons (Fsp3) is 0.560. The predicted octanol–water partition coefficient (Wildman–Crippen LogP) is 3.12. The summed E-state index contributed by atoms with van der Waals surface area (Å²) in [4.78, 5) is 18.1. The van der Waals surface area contributed by atoms with E-state index in [0.29, 0.717) is 6.54 Å². The van der Waals surface area contributed by atoms with Crippen LogP contribution in [-0.4, -0.2) is 67.8 Å². The van der Waals surface area contributed by atoms with E-state index in [1.165, 1.54) is 50.8 Å². The smallest absolute Gasteiger partial charge is 0.238 e. The van der Waals surface area contributed by atoms with E-state index in [9.17, 15) is 13.2 Å². The van der Waals surface area contributed by atoms with Gasteiger partial charge in [0.2, 0.25) is 10.0 Å². The van der Waals surface area contributed by atoms with Gasteiger partial charge in [0.15, 0.2) is 5.78 Å². The van der Waals surface area contributed by atoms with E-state index in [4.69, 9.17) is 5.14 Å². The number of sulfonamides is 1. The molecular formula is C25H36N4O3S. The zero-order valence-electron chi connectivity index (χ0n) is 19.8. The molecule has 0 atom stereocenters. The third-order valence-corrected chi connectivity index (χ3v) is 8.16. The van der Waals surface area contributed by atoms with Crippen molar-refractivity contribution in [2.75, 3.05) is 39.3 Å². The fourth-order valence-corrected chi connectivity index (χ4v) is 5.90. The Bertz CT molecular complexity index is 1080. The van der Waals surface area contributed by atoms with E-state index < -0.39 is 10.0 Å². The molecule has 0 unspecified atom stereocenters. The van der Waals surface area contributed by atoms with Gasteiger partial charge in [0, 0.05) is 55.4 Å². The number of hydrogen-bond donors (Lipinski definition) is 1. The van der Waals surface area contributed by atoms with Crippen molar-refractivity contribution in [3.63, 3.8) is 0 Å². The normalized spacial score (nSPS) is 19.1. The summed E-state index contributed by atoms with van der Waals surface area (Å²) in [6, 6.07) is 8.37. The third kappa shape index (κ3) is 5.74. The van der Waals surface area contributed by atoms with E-state index in [1.807, 2.05) is 24.5 Å². The third-order valence-electron chi connectivity index (χ3n) is 7.23. The highest BCUT2D eigenvalue weighted by Crippen LogP contribution is 2.25. The molecule has 0 spiro atoms. The molecule has 8 heteroatoms. The van der Waals surface area contributed by atoms with Crippen molar-refractivity contribution >= 4 is 15.8 Å². The first-order valence-corrected chi connectivity index (χ1v) is 13.6. The van der Waals surface area contributed by atoms with Crippen LogP contribution in [0.1, 0.15) is 53.8 Å². The van der Waals surface area contributed by atoms with Crippen LogP contribution in [0.25, 0.3) is 5.69 Å². The molecule has 7 nitrogen and oxygen atoms in total. The lowest BCUT2D eigenvalue weighted by Gasteiger charge is -2.37. The number of carbonyl (C=O) groups is 1. The number of benzene rings is 1. The first-order valence-electron chi connectivity index (χ1n) is 12.0. The van der Waals surface area contributed by atoms with Gasteiger partial charge in [-0.15, -0.1) is 0 Å². The van der Waals surface area contributed by atoms with Gasteiger partial charge in [-0.2, -0.15) is 0 Å². The Labute approximate surface area is 197 Å². The molecule has 1 saturated carbocycles. The molecule has 0 bridgehead atoms. The molecule has 2 heterocycles. The first kappa shape index (κ1) is 24.1. The highest BCUT2D eigenvalue weighted by molar-refractivity contribution is 7.89. The molecule has 1 saturated heterocycles. The van der Waals surface area contributed by atoms with Gasteiger partial charge >= 0.3 is 0 Å². The maximum atomic E-state index is 13.2. The summed E-state index contributed by atoms with van der Waals surface area (Å²) in [6.45, 7) is 9.51. The maximum absolute atomic E-state index is 13.2. The number of piperazine rings is 1. The number of aromatic nitrogens is 1. The SMILES string of the molecule is Cc1cc(C(=O)CN2CCN(CC3CCCCC3)CC2)c(C)n1-c1ccc(S(N)(=O)=O)cc1. The molecule has 33 heavy (non-hydrogen) atoms. The van der Waals surface area contributed by atoms with Crippen molar-refractivity contribution in [2.24, 2.45) is 11.1 Å². The predicted molar refractivity (Wildman–Crippen MR) is 130 cm³/mol. The van der Waals surface area contributed by atoms with Crippen LogP contribution < -0.4 is 5.14 Å². The summed E-state index contributed by atoms with van der Waals surface area (Å²) < 4.78 is 25.1. The average molecular weight is 473 g/mol. The summed E-state index contributed by atoms with van der Waals surface area (Å²) in [6.07, 6.45) is 6.91. The van der Waals surface area contributed by atoms with E-state index in [0.717, 1.165) is 54.7 Å². The molecule has 1 aliphatic carbocycles. The van der Waals surface area contributed by atoms with Gasteiger partial charge in [-0.3, -0.25) is 9.69 Å². The standard InChI is InChI=1S/C25H36N4O3S/c1-19-16-24(20(2)29(19)22-8-10-23(11-9-22)33(26,31)32)25(30)18-28-14-12-27(13-15-28)17-21-6-4-3-5-7-21/h8-11,16,21H,3-7,12-15,17-18H2,1-2H3,(H2,26,31,32). The van der Waals surface area contributed by atoms with E-state index in [-0.39, 0.29) is 10.7 Å². The molecule has 1 aromatic carbocycles. The van der Waals surface area contributed by atoms with Crippen LogP contribution in [0.5, 0.6) is 0 Å². The van der Waals surface area contributed by atoms with Gasteiger partial charge in [-0.1, -0.05) is 19.3 Å². The number of ketones is 1. The number of aryl methyl sites for hydroxylation is 1. The lowest BCUT2D eigenvalue weighted by molar-refractivity contribution is 0.0814. The van der Waals surface area contributed by atoms with Crippen molar-refractivity contribution in [1.82, 2.24) is 14.4 Å². The molecule has 2 fully saturated rings. The lowest BCUT2D eigenvalue weighted by atomic mass is 9.89. The maximum Gasteiger partial charge on any atom is 0.238 e. The van der Waals surface area contributed by atoms with Gasteiger partial charge in [0.25, 0.3) is 0 Å². The minimum Gasteiger partial charge on any atom is -0.318 e. The van der Waals surface area contributed by atoms with Crippen molar-refractivity contribution in [2.45, 2.75) is 50.8 Å². The van der Waals surface area contributed by atoms with Crippen LogP contribution in [0.2, 0.25) is 0 Å². The summed E-state index contributed by atoms with van der Waals surface area (Å²) in [5.74, 6) is 0.993. The summed E-state index contributed by atoms with van der Waals surface area (Å²) in [7, 11) is -3.73. The van der Waals surface area contributed by atoms with Crippen molar-refractivity contribution in [1.29, 1.82) is 0 Å². The number of nitrogens with two attached hydrogens (primary N) is 1. The van der Waals surface area contributed by atoms with Crippen molar-refractivity contribution in [3.8, 4) is 5.69 Å². The van der Waals surface area contributed by atoms with E-state index >= 15 is 0 Å². The summed E-state index contributed by atoms with van der Waals surface area (Å²) in [5.41, 5.74) is 3.36. The monoisotopic (exact) mass is 472 g/mol. The van der Waals surface area contributed by atoms with Crippen LogP contribution in [0.15, 0.2) is 35.2 Å². The summed E-state index contributed by atoms with van der Waals surface area (Å²) in [5, 5.41) is 5.21. The lowest BCUT2D eigenvalue weighted by Crippen LogP contribution is -2.49. The van der Waals surface area contributed by atoms with Crippen LogP contribution >= 0.6 is 0 Å². The molecule has 4 rings (SSSR count). The quantitative estimate of drug-likeness (QED) is 0.626. The number of rotatable bonds is 7. The molecule has 1 aromatic heterocycles. The topological polar surface area (TPSA) is 88.6 Å². The second kappa shape index (κ2) is 10.1. The van der Waals surface area contributed by atoms with Crippen LogP contribution in [-0.2, 0) is 10.0 Å². The Morgan fingerprint density at radius 1 is 0.970 bits per heavy atom. The van der Waals surface area contributed by atoms with Crippen molar-refractivity contribution in [3.05, 3.63) is 47.3 Å². The highest BCUT2D eigenvalue weighted by atomic mass is 32.2. The second-order valence-corrected chi connectivity index (χ2v) is 11.2. The van der Waals surface area contributed by atoms with Crippen molar-refractivity contribution < 1.29 is 13.2 Å². The molecule has 2 N–H and O–H groups in total. The van der Waals surface area contributed by atoms with Gasteiger partial charge in [0.05, 0.1) is 11.4 Å². The second-order valence-electron chi connectivity index (χ2n) is 9.66. The van der Waals surface area contributed by atoms with Gasteiger partial charge in [0.1, 0.15) is 0 Å². The van der Waals surface area contributed by atoms with Crippen LogP contribution in [0, 0.1) is 19.8 Å². The minimum atomic E-state index is -3.73. The van der Waals surface area contributed by atoms with Crippen LogP contribution in [0.3, 0.4) is 0 Å². The number of carbonyl (C=O) groups excluding carboxylic acids is 1. The Kier molecular flexibility index (Phi) is 7.38. The Balaban J connectivity index is 1.37. The largest absolute Gasteiger partial charge is 0.318 e. The minimum absolute atomic E-state index is 0.0765. The highest BCUT2D eigenvalue weighted by Gasteiger charge is 2.24. The number of nitrogens with zero attached hydrogens (tertiary/aromatic N) is 3. The number of primary sulfonamides is 1. The summed E-state index contributed by atoms with van der Waals surface area (Å²) >= 11 is 0. The fourth-order valence-electron chi connectivity index (χ4n) is 5.38. The molecule has 180 valence electrons. The zero-order valence-corrected chi connectivity index (χ0v) is 20.6. The molecule has 0 radical (unpaired) electrons. The van der Waals surface area contributed by atoms with E-state index in [2.05, 4.69) is 9.80 Å². The Morgan fingerprint density at radius 2 is 1.58 bits per heavy atom. The van der Waals surface area contributed by atoms with Gasteiger partial charge in [-0.25, -0.2) is 13.6 Å². The Morgan fingerprint density at radius 3 is 2.18 bits per heavy atom. The Hall–Kier alpha value is -2.00. The molecular weight excluding hydrogens is 436 g/mol. The van der Waals surface area contributed by atoms with Gasteiger partial charge < -0.3 is 9.47 Å². The number of hydrogen-bond acceptors (Lipinski definition) is 5. The van der Waals surface area contributed by atoms with Crippen LogP contribution in [0.4, 0.5) is 0 Å². The zero-order chi connectivity index (χ0) is 23.6.